The first-order valence-electron chi connectivity index (χ1n) is 28.4. The van der Waals surface area contributed by atoms with Crippen LogP contribution in [0.15, 0.2) is 233 Å². The molecule has 0 heterocycles. The molecule has 0 saturated carbocycles. The highest BCUT2D eigenvalue weighted by molar-refractivity contribution is 9.10. The Morgan fingerprint density at radius 3 is 1.00 bits per heavy atom. The monoisotopic (exact) mass is 1450 g/mol. The lowest BCUT2D eigenvalue weighted by molar-refractivity contribution is -0.137. The average molecular weight is 1450 g/mol. The van der Waals surface area contributed by atoms with Gasteiger partial charge in [0.25, 0.3) is 0 Å². The van der Waals surface area contributed by atoms with Crippen molar-refractivity contribution in [2.45, 2.75) is 75.4 Å². The van der Waals surface area contributed by atoms with Gasteiger partial charge < -0.3 is 9.47 Å². The summed E-state index contributed by atoms with van der Waals surface area (Å²) >= 11 is 17.9. The Morgan fingerprint density at radius 2 is 0.660 bits per heavy atom. The zero-order valence-corrected chi connectivity index (χ0v) is 58.7. The molecular weight excluding hydrogens is 1380 g/mol. The molecule has 9 rings (SSSR count). The highest BCUT2D eigenvalue weighted by Gasteiger charge is 2.30. The molecule has 0 spiro atoms. The molecule has 11 nitrogen and oxygen atoms in total. The summed E-state index contributed by atoms with van der Waals surface area (Å²) in [5, 5.41) is 1.18. The van der Waals surface area contributed by atoms with Crippen LogP contribution in [-0.4, -0.2) is 66.3 Å². The predicted octanol–water partition coefficient (Wildman–Crippen LogP) is 21.2. The van der Waals surface area contributed by atoms with Gasteiger partial charge in [-0.3, -0.25) is 43.2 Å². The number of carbonyl (C=O) groups is 9. The van der Waals surface area contributed by atoms with Crippen molar-refractivity contribution < 1.29 is 65.8 Å². The third-order valence-electron chi connectivity index (χ3n) is 12.2. The molecule has 0 aliphatic rings. The molecule has 0 atom stereocenters. The van der Waals surface area contributed by atoms with E-state index in [4.69, 9.17) is 32.7 Å². The Labute approximate surface area is 574 Å². The van der Waals surface area contributed by atoms with Crippen molar-refractivity contribution in [2.75, 3.05) is 14.2 Å². The topological polar surface area (TPSA) is 172 Å². The van der Waals surface area contributed by atoms with Crippen molar-refractivity contribution in [3.63, 3.8) is 0 Å². The van der Waals surface area contributed by atoms with E-state index < -0.39 is 11.7 Å². The molecule has 0 bridgehead atoms. The molecule has 0 fully saturated rings. The summed E-state index contributed by atoms with van der Waals surface area (Å²) in [6.45, 7) is 15.7. The molecule has 94 heavy (non-hydrogen) atoms. The zero-order valence-electron chi connectivity index (χ0n) is 54.0. The van der Waals surface area contributed by atoms with Crippen LogP contribution in [0.3, 0.4) is 0 Å². The Hall–Kier alpha value is -9.06. The van der Waals surface area contributed by atoms with Gasteiger partial charge in [-0.1, -0.05) is 176 Å². The molecule has 0 amide bonds. The summed E-state index contributed by atoms with van der Waals surface area (Å²) in [6.07, 6.45) is -4.34. The summed E-state index contributed by atoms with van der Waals surface area (Å²) in [6, 6.07) is 63.6. The number of ketones is 9. The highest BCUT2D eigenvalue weighted by Crippen LogP contribution is 2.29. The molecule has 0 aliphatic heterocycles. The van der Waals surface area contributed by atoms with Crippen molar-refractivity contribution in [2.24, 2.45) is 0 Å². The minimum atomic E-state index is -4.34. The molecule has 0 aliphatic carbocycles. The van der Waals surface area contributed by atoms with E-state index in [9.17, 15) is 56.3 Å². The van der Waals surface area contributed by atoms with Crippen molar-refractivity contribution in [3.05, 3.63) is 305 Å². The molecule has 0 unspecified atom stereocenters. The maximum atomic E-state index is 12.0. The fourth-order valence-corrected chi connectivity index (χ4v) is 7.90. The van der Waals surface area contributed by atoms with Crippen LogP contribution >= 0.6 is 55.1 Å². The minimum Gasteiger partial charge on any atom is -0.497 e. The maximum absolute atomic E-state index is 12.0. The first-order valence-corrected chi connectivity index (χ1v) is 30.7. The van der Waals surface area contributed by atoms with Crippen LogP contribution in [0.4, 0.5) is 13.2 Å². The first-order chi connectivity index (χ1) is 44.2. The molecule has 492 valence electrons. The zero-order chi connectivity index (χ0) is 71.1. The summed E-state index contributed by atoms with van der Waals surface area (Å²) in [4.78, 5) is 96.8. The second kappa shape index (κ2) is 44.5. The standard InChI is InChI=1S/C9H7F3O.2C9H10O2.C9H10O.2C8H7BrO.2C8H7ClO.C8H8O/c1-6(13)7-2-4-8(5-3-7)9(10,11)12;1-7(10)8-3-5-9(11-2)6-4-8;1-7(10)8-4-3-5-9(6-8)11-2;1-7-3-5-9(6-4-7)8(2)10;1-6(10)7-2-4-8(9)5-3-7;1-6(10)7-3-2-4-8(9)5-7;1-6(10)7-2-4-8(9)5-3-7;1-6(10)7-4-2-3-5-8(7)9;1-7(9)8-5-3-2-4-6-8/h2-5H,1H3;2*3-6H,1-2H3;3-6H,1-2H3;4*2-5H,1H3;2-6H,1H3. The Morgan fingerprint density at radius 1 is 0.330 bits per heavy atom. The number of aryl methyl sites for hydroxylation is 1. The van der Waals surface area contributed by atoms with Gasteiger partial charge in [0, 0.05) is 64.0 Å². The third-order valence-corrected chi connectivity index (χ3v) is 13.8. The predicted molar refractivity (Wildman–Crippen MR) is 376 cm³/mol. The maximum Gasteiger partial charge on any atom is 0.416 e. The molecule has 0 N–H and O–H groups in total. The number of rotatable bonds is 11. The number of alkyl halides is 3. The SMILES string of the molecule is CC(=O)c1ccc(Br)cc1.CC(=O)c1ccc(C(F)(F)F)cc1.CC(=O)c1ccc(C)cc1.CC(=O)c1ccc(Cl)cc1.CC(=O)c1cccc(Br)c1.CC(=O)c1ccccc1.CC(=O)c1ccccc1Cl.COc1ccc(C(C)=O)cc1.COc1cccc(C(C)=O)c1. The Bertz CT molecular complexity index is 3750. The number of ether oxygens (including phenoxy) is 2. The van der Waals surface area contributed by atoms with Crippen LogP contribution < -0.4 is 9.47 Å². The van der Waals surface area contributed by atoms with Gasteiger partial charge in [-0.2, -0.15) is 13.2 Å². The smallest absolute Gasteiger partial charge is 0.416 e. The average Bonchev–Trinajstić information content (AvgIpc) is 1.46. The quantitative estimate of drug-likeness (QED) is 0.113. The van der Waals surface area contributed by atoms with Crippen LogP contribution in [0.1, 0.15) is 167 Å². The van der Waals surface area contributed by atoms with Crippen molar-refractivity contribution in [1.29, 1.82) is 0 Å². The fraction of sp³-hybridized carbons (Fsp3) is 0.171. The molecular formula is C76H73Br2Cl2F3O11. The van der Waals surface area contributed by atoms with Crippen LogP contribution in [0.5, 0.6) is 11.5 Å². The van der Waals surface area contributed by atoms with E-state index in [1.807, 2.05) is 97.9 Å². The number of benzene rings is 9. The highest BCUT2D eigenvalue weighted by atomic mass is 79.9. The summed E-state index contributed by atoms with van der Waals surface area (Å²) in [5.74, 6) is 1.91. The van der Waals surface area contributed by atoms with Crippen molar-refractivity contribution >= 4 is 107 Å². The second-order valence-electron chi connectivity index (χ2n) is 19.8. The van der Waals surface area contributed by atoms with Gasteiger partial charge >= 0.3 is 6.18 Å². The van der Waals surface area contributed by atoms with E-state index in [-0.39, 0.29) is 57.6 Å². The first kappa shape index (κ1) is 83.0. The summed E-state index contributed by atoms with van der Waals surface area (Å²) < 4.78 is 47.9. The van der Waals surface area contributed by atoms with Crippen LogP contribution in [0, 0.1) is 6.92 Å². The van der Waals surface area contributed by atoms with Gasteiger partial charge in [-0.05, 0) is 178 Å². The molecule has 0 radical (unpaired) electrons. The van der Waals surface area contributed by atoms with Gasteiger partial charge in [0.1, 0.15) is 11.5 Å². The van der Waals surface area contributed by atoms with E-state index in [0.29, 0.717) is 32.3 Å². The van der Waals surface area contributed by atoms with Gasteiger partial charge in [-0.25, -0.2) is 0 Å². The fourth-order valence-electron chi connectivity index (χ4n) is 6.85. The van der Waals surface area contributed by atoms with E-state index in [1.54, 1.807) is 158 Å². The normalized spacial score (nSPS) is 9.61. The number of Topliss-reactive ketones (excluding diaryl/α,β-unsaturated/α-hetero) is 9. The summed E-state index contributed by atoms with van der Waals surface area (Å²) in [5.41, 5.74) is 6.47. The van der Waals surface area contributed by atoms with Gasteiger partial charge in [0.2, 0.25) is 0 Å². The largest absolute Gasteiger partial charge is 0.497 e. The Kier molecular flexibility index (Phi) is 39.3. The van der Waals surface area contributed by atoms with Gasteiger partial charge in [0.05, 0.1) is 24.8 Å². The van der Waals surface area contributed by atoms with E-state index >= 15 is 0 Å². The number of carbonyl (C=O) groups excluding carboxylic acids is 9. The van der Waals surface area contributed by atoms with Crippen molar-refractivity contribution in [1.82, 2.24) is 0 Å². The lowest BCUT2D eigenvalue weighted by Crippen LogP contribution is -2.05. The molecule has 18 heteroatoms. The molecule has 0 saturated heterocycles. The van der Waals surface area contributed by atoms with Crippen LogP contribution in [-0.2, 0) is 6.18 Å². The Balaban J connectivity index is 0.000000530. The van der Waals surface area contributed by atoms with Crippen LogP contribution in [0.2, 0.25) is 10.0 Å². The number of hydrogen-bond donors (Lipinski definition) is 0. The lowest BCUT2D eigenvalue weighted by Gasteiger charge is -2.05. The molecule has 9 aromatic carbocycles. The van der Waals surface area contributed by atoms with Crippen LogP contribution in [0.25, 0.3) is 0 Å². The number of methoxy groups -OCH3 is 2. The number of halogens is 7. The molecule has 0 aromatic heterocycles. The lowest BCUT2D eigenvalue weighted by atomic mass is 10.1. The van der Waals surface area contributed by atoms with Gasteiger partial charge in [0.15, 0.2) is 52.0 Å². The van der Waals surface area contributed by atoms with E-state index in [2.05, 4.69) is 31.9 Å². The number of hydrogen-bond acceptors (Lipinski definition) is 11. The minimum absolute atomic E-state index is 0.00519. The van der Waals surface area contributed by atoms with Gasteiger partial charge in [-0.15, -0.1) is 0 Å². The third kappa shape index (κ3) is 35.1. The molecule has 9 aromatic rings. The van der Waals surface area contributed by atoms with Crippen molar-refractivity contribution in [3.8, 4) is 11.5 Å². The second-order valence-corrected chi connectivity index (χ2v) is 22.5. The van der Waals surface area contributed by atoms with E-state index in [1.165, 1.54) is 45.4 Å². The summed E-state index contributed by atoms with van der Waals surface area (Å²) in [7, 11) is 3.18. The van der Waals surface area contributed by atoms with E-state index in [0.717, 1.165) is 54.8 Å².